The fourth-order valence-electron chi connectivity index (χ4n) is 3.54. The van der Waals surface area contributed by atoms with Crippen LogP contribution in [0.15, 0.2) is 18.2 Å². The van der Waals surface area contributed by atoms with Crippen LogP contribution < -0.4 is 10.2 Å². The highest BCUT2D eigenvalue weighted by Gasteiger charge is 2.23. The van der Waals surface area contributed by atoms with Gasteiger partial charge in [-0.2, -0.15) is 0 Å². The molecule has 4 nitrogen and oxygen atoms in total. The van der Waals surface area contributed by atoms with E-state index >= 15 is 0 Å². The van der Waals surface area contributed by atoms with Crippen LogP contribution in [0, 0.1) is 5.82 Å². The molecule has 132 valence electrons. The molecule has 0 spiro atoms. The van der Waals surface area contributed by atoms with E-state index in [-0.39, 0.29) is 11.1 Å². The predicted molar refractivity (Wildman–Crippen MR) is 95.2 cm³/mol. The average Bonchev–Trinajstić information content (AvgIpc) is 2.86. The summed E-state index contributed by atoms with van der Waals surface area (Å²) in [5.41, 5.74) is 0.908. The van der Waals surface area contributed by atoms with Crippen molar-refractivity contribution >= 4 is 23.3 Å². The van der Waals surface area contributed by atoms with Crippen LogP contribution in [0.2, 0.25) is 5.02 Å². The Morgan fingerprint density at radius 1 is 1.08 bits per heavy atom. The van der Waals surface area contributed by atoms with Crippen LogP contribution in [0.3, 0.4) is 0 Å². The first-order valence-electron chi connectivity index (χ1n) is 8.89. The molecule has 1 saturated heterocycles. The molecule has 1 N–H and O–H groups in total. The summed E-state index contributed by atoms with van der Waals surface area (Å²) in [5.74, 6) is -0.401. The smallest absolute Gasteiger partial charge is 0.317 e. The van der Waals surface area contributed by atoms with Crippen molar-refractivity contribution in [1.29, 1.82) is 0 Å². The van der Waals surface area contributed by atoms with Gasteiger partial charge in [0.15, 0.2) is 0 Å². The molecule has 1 heterocycles. The highest BCUT2D eigenvalue weighted by atomic mass is 35.5. The number of hydrogen-bond acceptors (Lipinski definition) is 2. The second-order valence-corrected chi connectivity index (χ2v) is 7.12. The van der Waals surface area contributed by atoms with Gasteiger partial charge in [-0.15, -0.1) is 0 Å². The number of rotatable bonds is 2. The van der Waals surface area contributed by atoms with E-state index in [1.807, 2.05) is 4.90 Å². The van der Waals surface area contributed by atoms with Crippen molar-refractivity contribution in [1.82, 2.24) is 10.2 Å². The number of benzene rings is 1. The van der Waals surface area contributed by atoms with E-state index in [0.717, 1.165) is 31.6 Å². The fourth-order valence-corrected chi connectivity index (χ4v) is 3.71. The van der Waals surface area contributed by atoms with Crippen LogP contribution in [0.1, 0.15) is 38.5 Å². The molecule has 2 aliphatic rings. The molecule has 3 rings (SSSR count). The number of carbonyl (C=O) groups is 1. The first-order valence-corrected chi connectivity index (χ1v) is 9.27. The standard InChI is InChI=1S/C18H25ClFN3O/c19-16-13-15(7-8-17(16)20)22-9-11-23(12-10-22)18(24)21-14-5-3-1-2-4-6-14/h7-8,13-14H,1-6,9-12H2,(H,21,24). The van der Waals surface area contributed by atoms with Crippen molar-refractivity contribution in [2.24, 2.45) is 0 Å². The first-order chi connectivity index (χ1) is 11.6. The summed E-state index contributed by atoms with van der Waals surface area (Å²) in [4.78, 5) is 16.5. The van der Waals surface area contributed by atoms with Crippen LogP contribution in [-0.4, -0.2) is 43.2 Å². The molecule has 0 unspecified atom stereocenters. The Morgan fingerprint density at radius 3 is 2.38 bits per heavy atom. The molecule has 1 aliphatic heterocycles. The van der Waals surface area contributed by atoms with Crippen molar-refractivity contribution < 1.29 is 9.18 Å². The van der Waals surface area contributed by atoms with Gasteiger partial charge in [-0.1, -0.05) is 37.3 Å². The summed E-state index contributed by atoms with van der Waals surface area (Å²) < 4.78 is 13.3. The van der Waals surface area contributed by atoms with E-state index < -0.39 is 5.82 Å². The number of amides is 2. The highest BCUT2D eigenvalue weighted by Crippen LogP contribution is 2.24. The van der Waals surface area contributed by atoms with Gasteiger partial charge in [-0.25, -0.2) is 9.18 Å². The van der Waals surface area contributed by atoms with Gasteiger partial charge in [0.2, 0.25) is 0 Å². The number of piperazine rings is 1. The maximum atomic E-state index is 13.3. The number of hydrogen-bond donors (Lipinski definition) is 1. The van der Waals surface area contributed by atoms with Gasteiger partial charge in [-0.3, -0.25) is 0 Å². The van der Waals surface area contributed by atoms with Crippen LogP contribution >= 0.6 is 11.6 Å². The molecule has 2 amide bonds. The van der Waals surface area contributed by atoms with E-state index in [0.29, 0.717) is 19.1 Å². The van der Waals surface area contributed by atoms with E-state index in [4.69, 9.17) is 11.6 Å². The summed E-state index contributed by atoms with van der Waals surface area (Å²) in [7, 11) is 0. The molecule has 0 aromatic heterocycles. The van der Waals surface area contributed by atoms with Gasteiger partial charge in [0.05, 0.1) is 5.02 Å². The lowest BCUT2D eigenvalue weighted by Gasteiger charge is -2.36. The summed E-state index contributed by atoms with van der Waals surface area (Å²) in [6, 6.07) is 5.16. The summed E-state index contributed by atoms with van der Waals surface area (Å²) in [5, 5.41) is 3.34. The molecular formula is C18H25ClFN3O. The van der Waals surface area contributed by atoms with Gasteiger partial charge in [-0.05, 0) is 31.0 Å². The molecule has 2 fully saturated rings. The fraction of sp³-hybridized carbons (Fsp3) is 0.611. The van der Waals surface area contributed by atoms with E-state index in [9.17, 15) is 9.18 Å². The van der Waals surface area contributed by atoms with E-state index in [1.165, 1.54) is 31.7 Å². The summed E-state index contributed by atoms with van der Waals surface area (Å²) in [6.45, 7) is 2.82. The van der Waals surface area contributed by atoms with Crippen molar-refractivity contribution in [2.45, 2.75) is 44.6 Å². The van der Waals surface area contributed by atoms with Crippen LogP contribution in [0.25, 0.3) is 0 Å². The largest absolute Gasteiger partial charge is 0.368 e. The van der Waals surface area contributed by atoms with Crippen molar-refractivity contribution in [2.75, 3.05) is 31.1 Å². The monoisotopic (exact) mass is 353 g/mol. The number of nitrogens with zero attached hydrogens (tertiary/aromatic N) is 2. The van der Waals surface area contributed by atoms with E-state index in [1.54, 1.807) is 12.1 Å². The molecule has 0 bridgehead atoms. The topological polar surface area (TPSA) is 35.6 Å². The minimum absolute atomic E-state index is 0.0543. The quantitative estimate of drug-likeness (QED) is 0.815. The molecule has 0 radical (unpaired) electrons. The third-order valence-corrected chi connectivity index (χ3v) is 5.31. The Kier molecular flexibility index (Phi) is 5.82. The van der Waals surface area contributed by atoms with Gasteiger partial charge in [0.25, 0.3) is 0 Å². The molecule has 1 aromatic rings. The Hall–Kier alpha value is -1.49. The van der Waals surface area contributed by atoms with Crippen LogP contribution in [0.4, 0.5) is 14.9 Å². The van der Waals surface area contributed by atoms with Gasteiger partial charge in [0.1, 0.15) is 5.82 Å². The zero-order valence-electron chi connectivity index (χ0n) is 13.9. The third kappa shape index (κ3) is 4.32. The molecule has 6 heteroatoms. The maximum Gasteiger partial charge on any atom is 0.317 e. The maximum absolute atomic E-state index is 13.3. The van der Waals surface area contributed by atoms with Crippen molar-refractivity contribution in [3.05, 3.63) is 29.0 Å². The Morgan fingerprint density at radius 2 is 1.75 bits per heavy atom. The Balaban J connectivity index is 1.50. The zero-order chi connectivity index (χ0) is 16.9. The zero-order valence-corrected chi connectivity index (χ0v) is 14.7. The number of halogens is 2. The Labute approximate surface area is 147 Å². The number of urea groups is 1. The molecule has 1 aromatic carbocycles. The number of nitrogens with one attached hydrogen (secondary N) is 1. The van der Waals surface area contributed by atoms with Crippen molar-refractivity contribution in [3.8, 4) is 0 Å². The minimum atomic E-state index is -0.401. The van der Waals surface area contributed by atoms with Crippen molar-refractivity contribution in [3.63, 3.8) is 0 Å². The first kappa shape index (κ1) is 17.3. The summed E-state index contributed by atoms with van der Waals surface area (Å²) >= 11 is 5.86. The molecular weight excluding hydrogens is 329 g/mol. The molecule has 1 saturated carbocycles. The van der Waals surface area contributed by atoms with E-state index in [2.05, 4.69) is 10.2 Å². The molecule has 24 heavy (non-hydrogen) atoms. The lowest BCUT2D eigenvalue weighted by Crippen LogP contribution is -2.53. The average molecular weight is 354 g/mol. The second kappa shape index (κ2) is 8.06. The SMILES string of the molecule is O=C(NC1CCCCCC1)N1CCN(c2ccc(F)c(Cl)c2)CC1. The number of carbonyl (C=O) groups excluding carboxylic acids is 1. The third-order valence-electron chi connectivity index (χ3n) is 5.02. The minimum Gasteiger partial charge on any atom is -0.368 e. The molecule has 1 aliphatic carbocycles. The lowest BCUT2D eigenvalue weighted by atomic mass is 10.1. The Bertz CT molecular complexity index is 567. The lowest BCUT2D eigenvalue weighted by molar-refractivity contribution is 0.189. The number of anilines is 1. The van der Waals surface area contributed by atoms with Gasteiger partial charge in [0, 0.05) is 37.9 Å². The van der Waals surface area contributed by atoms with Crippen LogP contribution in [0.5, 0.6) is 0 Å². The molecule has 0 atom stereocenters. The van der Waals surface area contributed by atoms with Crippen LogP contribution in [-0.2, 0) is 0 Å². The summed E-state index contributed by atoms with van der Waals surface area (Å²) in [6.07, 6.45) is 7.18. The predicted octanol–water partition coefficient (Wildman–Crippen LogP) is 4.03. The van der Waals surface area contributed by atoms with Gasteiger partial charge < -0.3 is 15.1 Å². The second-order valence-electron chi connectivity index (χ2n) is 6.71. The normalized spacial score (nSPS) is 19.9. The highest BCUT2D eigenvalue weighted by molar-refractivity contribution is 6.31. The van der Waals surface area contributed by atoms with Gasteiger partial charge >= 0.3 is 6.03 Å².